The summed E-state index contributed by atoms with van der Waals surface area (Å²) in [6.07, 6.45) is 1.12. The molecular weight excluding hydrogens is 274 g/mol. The van der Waals surface area contributed by atoms with Crippen molar-refractivity contribution in [2.75, 3.05) is 18.8 Å². The van der Waals surface area contributed by atoms with Crippen molar-refractivity contribution >= 4 is 23.6 Å². The van der Waals surface area contributed by atoms with Crippen LogP contribution in [0, 0.1) is 5.41 Å². The molecule has 4 nitrogen and oxygen atoms in total. The van der Waals surface area contributed by atoms with Crippen LogP contribution in [0.2, 0.25) is 0 Å². The number of amides is 1. The number of carbonyl (C=O) groups excluding carboxylic acids is 1. The van der Waals surface area contributed by atoms with E-state index in [4.69, 9.17) is 0 Å². The van der Waals surface area contributed by atoms with E-state index >= 15 is 0 Å². The van der Waals surface area contributed by atoms with Crippen molar-refractivity contribution < 1.29 is 14.7 Å². The fourth-order valence-electron chi connectivity index (χ4n) is 2.45. The molecule has 1 saturated heterocycles. The molecule has 2 rings (SSSR count). The summed E-state index contributed by atoms with van der Waals surface area (Å²) in [5, 5.41) is 9.33. The zero-order valence-corrected chi connectivity index (χ0v) is 12.4. The van der Waals surface area contributed by atoms with Crippen LogP contribution in [0.25, 0.3) is 0 Å². The molecule has 20 heavy (non-hydrogen) atoms. The number of hydrogen-bond acceptors (Lipinski definition) is 3. The van der Waals surface area contributed by atoms with Crippen molar-refractivity contribution in [1.29, 1.82) is 0 Å². The van der Waals surface area contributed by atoms with Gasteiger partial charge < -0.3 is 10.0 Å². The van der Waals surface area contributed by atoms with E-state index in [1.165, 1.54) is 11.8 Å². The highest BCUT2D eigenvalue weighted by atomic mass is 32.2. The highest BCUT2D eigenvalue weighted by Gasteiger charge is 2.44. The maximum atomic E-state index is 12.2. The Morgan fingerprint density at radius 2 is 2.05 bits per heavy atom. The van der Waals surface area contributed by atoms with Gasteiger partial charge in [0.2, 0.25) is 5.91 Å². The van der Waals surface area contributed by atoms with Gasteiger partial charge in [-0.15, -0.1) is 11.8 Å². The third-order valence-electron chi connectivity index (χ3n) is 3.94. The Morgan fingerprint density at radius 3 is 2.60 bits per heavy atom. The molecule has 1 aromatic carbocycles. The zero-order valence-electron chi connectivity index (χ0n) is 11.5. The van der Waals surface area contributed by atoms with Crippen LogP contribution >= 0.6 is 11.8 Å². The summed E-state index contributed by atoms with van der Waals surface area (Å²) in [5.41, 5.74) is -0.743. The van der Waals surface area contributed by atoms with E-state index < -0.39 is 11.4 Å². The van der Waals surface area contributed by atoms with Crippen molar-refractivity contribution in [2.45, 2.75) is 24.7 Å². The SMILES string of the molecule is CCC1(C(=O)O)CCN(C(=O)CSc2ccccc2)C1. The third-order valence-corrected chi connectivity index (χ3v) is 4.94. The number of carboxylic acid groups (broad SMARTS) is 1. The summed E-state index contributed by atoms with van der Waals surface area (Å²) in [6, 6.07) is 9.75. The molecule has 0 saturated carbocycles. The van der Waals surface area contributed by atoms with Crippen LogP contribution < -0.4 is 0 Å². The summed E-state index contributed by atoms with van der Waals surface area (Å²) in [7, 11) is 0. The molecule has 0 radical (unpaired) electrons. The quantitative estimate of drug-likeness (QED) is 0.847. The fourth-order valence-corrected chi connectivity index (χ4v) is 3.28. The first-order valence-electron chi connectivity index (χ1n) is 6.76. The molecule has 0 aromatic heterocycles. The highest BCUT2D eigenvalue weighted by molar-refractivity contribution is 8.00. The van der Waals surface area contributed by atoms with Gasteiger partial charge in [-0.1, -0.05) is 25.1 Å². The summed E-state index contributed by atoms with van der Waals surface area (Å²) in [6.45, 7) is 2.77. The lowest BCUT2D eigenvalue weighted by Crippen LogP contribution is -2.37. The topological polar surface area (TPSA) is 57.6 Å². The van der Waals surface area contributed by atoms with Gasteiger partial charge in [0, 0.05) is 18.0 Å². The smallest absolute Gasteiger partial charge is 0.311 e. The molecular formula is C15H19NO3S. The Hall–Kier alpha value is -1.49. The Kier molecular flexibility index (Phi) is 4.70. The second kappa shape index (κ2) is 6.31. The number of benzene rings is 1. The first-order chi connectivity index (χ1) is 9.57. The summed E-state index contributed by atoms with van der Waals surface area (Å²) in [5.74, 6) is -0.398. The van der Waals surface area contributed by atoms with Crippen molar-refractivity contribution in [3.8, 4) is 0 Å². The zero-order chi connectivity index (χ0) is 14.6. The van der Waals surface area contributed by atoms with E-state index in [9.17, 15) is 14.7 Å². The Bertz CT molecular complexity index is 491. The van der Waals surface area contributed by atoms with Crippen molar-refractivity contribution in [2.24, 2.45) is 5.41 Å². The lowest BCUT2D eigenvalue weighted by Gasteiger charge is -2.23. The number of thioether (sulfide) groups is 1. The fraction of sp³-hybridized carbons (Fsp3) is 0.467. The molecule has 1 heterocycles. The molecule has 1 atom stereocenters. The number of rotatable bonds is 5. The minimum atomic E-state index is -0.786. The van der Waals surface area contributed by atoms with Crippen LogP contribution in [-0.4, -0.2) is 40.7 Å². The third kappa shape index (κ3) is 3.15. The summed E-state index contributed by atoms with van der Waals surface area (Å²) in [4.78, 5) is 26.3. The Balaban J connectivity index is 1.90. The average molecular weight is 293 g/mol. The number of carboxylic acids is 1. The molecule has 1 N–H and O–H groups in total. The van der Waals surface area contributed by atoms with E-state index in [0.29, 0.717) is 31.7 Å². The lowest BCUT2D eigenvalue weighted by molar-refractivity contribution is -0.148. The van der Waals surface area contributed by atoms with Gasteiger partial charge in [-0.05, 0) is 25.0 Å². The van der Waals surface area contributed by atoms with Gasteiger partial charge >= 0.3 is 5.97 Å². The number of nitrogens with zero attached hydrogens (tertiary/aromatic N) is 1. The predicted molar refractivity (Wildman–Crippen MR) is 78.7 cm³/mol. The van der Waals surface area contributed by atoms with E-state index in [1.807, 2.05) is 37.3 Å². The van der Waals surface area contributed by atoms with Gasteiger partial charge in [-0.2, -0.15) is 0 Å². The van der Waals surface area contributed by atoms with Crippen LogP contribution in [0.1, 0.15) is 19.8 Å². The maximum absolute atomic E-state index is 12.2. The first-order valence-corrected chi connectivity index (χ1v) is 7.75. The van der Waals surface area contributed by atoms with Crippen LogP contribution in [0.4, 0.5) is 0 Å². The normalized spacial score (nSPS) is 21.9. The number of hydrogen-bond donors (Lipinski definition) is 1. The number of likely N-dealkylation sites (tertiary alicyclic amines) is 1. The van der Waals surface area contributed by atoms with Crippen LogP contribution in [0.3, 0.4) is 0 Å². The van der Waals surface area contributed by atoms with Crippen molar-refractivity contribution in [3.05, 3.63) is 30.3 Å². The molecule has 5 heteroatoms. The van der Waals surface area contributed by atoms with Crippen molar-refractivity contribution in [3.63, 3.8) is 0 Å². The molecule has 1 fully saturated rings. The van der Waals surface area contributed by atoms with Gasteiger partial charge in [0.15, 0.2) is 0 Å². The lowest BCUT2D eigenvalue weighted by atomic mass is 9.84. The first kappa shape index (κ1) is 14.9. The molecule has 0 bridgehead atoms. The standard InChI is InChI=1S/C15H19NO3S/c1-2-15(14(18)19)8-9-16(11-15)13(17)10-20-12-6-4-3-5-7-12/h3-7H,2,8-11H2,1H3,(H,18,19). The molecule has 1 aromatic rings. The summed E-state index contributed by atoms with van der Waals surface area (Å²) < 4.78 is 0. The van der Waals surface area contributed by atoms with E-state index in [1.54, 1.807) is 4.90 Å². The Morgan fingerprint density at radius 1 is 1.35 bits per heavy atom. The maximum Gasteiger partial charge on any atom is 0.311 e. The van der Waals surface area contributed by atoms with Crippen LogP contribution in [-0.2, 0) is 9.59 Å². The molecule has 0 aliphatic carbocycles. The van der Waals surface area contributed by atoms with Gasteiger partial charge in [-0.25, -0.2) is 0 Å². The van der Waals surface area contributed by atoms with Gasteiger partial charge in [-0.3, -0.25) is 9.59 Å². The van der Waals surface area contributed by atoms with E-state index in [2.05, 4.69) is 0 Å². The molecule has 0 spiro atoms. The molecule has 1 amide bonds. The summed E-state index contributed by atoms with van der Waals surface area (Å²) >= 11 is 1.49. The van der Waals surface area contributed by atoms with Gasteiger partial charge in [0.1, 0.15) is 0 Å². The molecule has 1 unspecified atom stereocenters. The Labute approximate surface area is 123 Å². The minimum absolute atomic E-state index is 0.0235. The van der Waals surface area contributed by atoms with Crippen molar-refractivity contribution in [1.82, 2.24) is 4.90 Å². The van der Waals surface area contributed by atoms with Crippen LogP contribution in [0.5, 0.6) is 0 Å². The minimum Gasteiger partial charge on any atom is -0.481 e. The average Bonchev–Trinajstić information content (AvgIpc) is 2.92. The largest absolute Gasteiger partial charge is 0.481 e. The molecule has 1 aliphatic heterocycles. The second-order valence-corrected chi connectivity index (χ2v) is 6.15. The van der Waals surface area contributed by atoms with E-state index in [-0.39, 0.29) is 5.91 Å². The van der Waals surface area contributed by atoms with Gasteiger partial charge in [0.25, 0.3) is 0 Å². The highest BCUT2D eigenvalue weighted by Crippen LogP contribution is 2.34. The monoisotopic (exact) mass is 293 g/mol. The molecule has 108 valence electrons. The second-order valence-electron chi connectivity index (χ2n) is 5.11. The van der Waals surface area contributed by atoms with E-state index in [0.717, 1.165) is 4.90 Å². The molecule has 1 aliphatic rings. The van der Waals surface area contributed by atoms with Gasteiger partial charge in [0.05, 0.1) is 11.2 Å². The number of carbonyl (C=O) groups is 2. The predicted octanol–water partition coefficient (Wildman–Crippen LogP) is 2.49. The van der Waals surface area contributed by atoms with Crippen LogP contribution in [0.15, 0.2) is 35.2 Å². The number of aliphatic carboxylic acids is 1.